The van der Waals surface area contributed by atoms with Crippen LogP contribution in [0.5, 0.6) is 0 Å². The van der Waals surface area contributed by atoms with E-state index in [2.05, 4.69) is 19.1 Å². The van der Waals surface area contributed by atoms with E-state index in [4.69, 9.17) is 5.11 Å². The first kappa shape index (κ1) is 21.9. The highest BCUT2D eigenvalue weighted by atomic mass is 16.5. The van der Waals surface area contributed by atoms with Crippen LogP contribution in [0.3, 0.4) is 0 Å². The minimum Gasteiger partial charge on any atom is -0.481 e. The number of hydrogen-bond acceptors (Lipinski definition) is 3. The van der Waals surface area contributed by atoms with Crippen molar-refractivity contribution in [2.24, 2.45) is 17.8 Å². The molecule has 1 aliphatic carbocycles. The number of carbonyl (C=O) groups is 1. The molecule has 0 saturated heterocycles. The average Bonchev–Trinajstić information content (AvgIpc) is 3.00. The second-order valence-corrected chi connectivity index (χ2v) is 7.28. The summed E-state index contributed by atoms with van der Waals surface area (Å²) < 4.78 is 0. The molecule has 0 aromatic heterocycles. The molecule has 1 aliphatic rings. The Hall–Kier alpha value is -1.13. The van der Waals surface area contributed by atoms with Gasteiger partial charge in [0.25, 0.3) is 0 Å². The van der Waals surface area contributed by atoms with Crippen molar-refractivity contribution in [3.05, 3.63) is 24.3 Å². The molecule has 1 fully saturated rings. The predicted molar refractivity (Wildman–Crippen MR) is 101 cm³/mol. The first-order chi connectivity index (χ1) is 12.0. The van der Waals surface area contributed by atoms with Gasteiger partial charge < -0.3 is 15.3 Å². The molecule has 0 radical (unpaired) electrons. The number of hydrogen-bond donors (Lipinski definition) is 3. The topological polar surface area (TPSA) is 77.8 Å². The number of carboxylic acid groups (broad SMARTS) is 1. The maximum Gasteiger partial charge on any atom is 0.303 e. The molecule has 144 valence electrons. The van der Waals surface area contributed by atoms with E-state index in [9.17, 15) is 15.0 Å². The minimum absolute atomic E-state index is 0.222. The second-order valence-electron chi connectivity index (χ2n) is 7.28. The summed E-state index contributed by atoms with van der Waals surface area (Å²) >= 11 is 0. The van der Waals surface area contributed by atoms with Gasteiger partial charge in [-0.1, -0.05) is 56.9 Å². The van der Waals surface area contributed by atoms with Gasteiger partial charge in [0.2, 0.25) is 0 Å². The molecule has 0 aromatic rings. The zero-order chi connectivity index (χ0) is 18.5. The first-order valence-electron chi connectivity index (χ1n) is 9.95. The van der Waals surface area contributed by atoms with Gasteiger partial charge in [0.15, 0.2) is 6.29 Å². The van der Waals surface area contributed by atoms with Crippen LogP contribution in [-0.2, 0) is 4.79 Å². The lowest BCUT2D eigenvalue weighted by atomic mass is 9.89. The highest BCUT2D eigenvalue weighted by molar-refractivity contribution is 5.66. The molecule has 0 spiro atoms. The Bertz CT molecular complexity index is 414. The third kappa shape index (κ3) is 9.81. The van der Waals surface area contributed by atoms with Gasteiger partial charge in [0.05, 0.1) is 0 Å². The summed E-state index contributed by atoms with van der Waals surface area (Å²) in [5.41, 5.74) is 0. The molecule has 1 saturated carbocycles. The third-order valence-electron chi connectivity index (χ3n) is 5.23. The van der Waals surface area contributed by atoms with Crippen molar-refractivity contribution >= 4 is 5.97 Å². The summed E-state index contributed by atoms with van der Waals surface area (Å²) in [6.07, 6.45) is 17.9. The quantitative estimate of drug-likeness (QED) is 0.256. The molecule has 3 N–H and O–H groups in total. The van der Waals surface area contributed by atoms with Crippen LogP contribution in [0.25, 0.3) is 0 Å². The Morgan fingerprint density at radius 1 is 1.12 bits per heavy atom. The molecule has 3 atom stereocenters. The van der Waals surface area contributed by atoms with Crippen LogP contribution < -0.4 is 0 Å². The normalized spacial score (nSPS) is 22.4. The lowest BCUT2D eigenvalue weighted by Gasteiger charge is -2.18. The van der Waals surface area contributed by atoms with Crippen molar-refractivity contribution in [2.75, 3.05) is 0 Å². The number of aliphatic hydroxyl groups excluding tert-OH is 1. The zero-order valence-electron chi connectivity index (χ0n) is 15.6. The van der Waals surface area contributed by atoms with Crippen molar-refractivity contribution in [1.82, 2.24) is 0 Å². The molecule has 1 rings (SSSR count). The van der Waals surface area contributed by atoms with Gasteiger partial charge in [0.1, 0.15) is 0 Å². The van der Waals surface area contributed by atoms with E-state index in [0.717, 1.165) is 25.7 Å². The summed E-state index contributed by atoms with van der Waals surface area (Å²) in [5, 5.41) is 27.7. The number of carboxylic acids is 1. The Labute approximate surface area is 152 Å². The molecule has 4 nitrogen and oxygen atoms in total. The molecule has 1 unspecified atom stereocenters. The van der Waals surface area contributed by atoms with Gasteiger partial charge in [-0.05, 0) is 50.4 Å². The molecule has 4 heteroatoms. The molecule has 0 heterocycles. The van der Waals surface area contributed by atoms with Gasteiger partial charge in [-0.3, -0.25) is 4.79 Å². The van der Waals surface area contributed by atoms with Crippen molar-refractivity contribution in [3.63, 3.8) is 0 Å². The van der Waals surface area contributed by atoms with Crippen LogP contribution in [0.1, 0.15) is 77.6 Å². The highest BCUT2D eigenvalue weighted by Crippen LogP contribution is 2.36. The standard InChI is InChI=1S/C21H36O4/c1-2-3-6-11-19(21(24)25)16-15-18-13-9-12-17(18)10-7-4-5-8-14-20(22)23/h3,6,15-19,21,24-25H,2,4-5,7-14H2,1H3,(H,22,23)/t17-,18+,19?/m0/s1. The van der Waals surface area contributed by atoms with Crippen LogP contribution >= 0.6 is 0 Å². The average molecular weight is 353 g/mol. The van der Waals surface area contributed by atoms with Crippen molar-refractivity contribution < 1.29 is 20.1 Å². The zero-order valence-corrected chi connectivity index (χ0v) is 15.6. The van der Waals surface area contributed by atoms with Gasteiger partial charge in [-0.15, -0.1) is 0 Å². The van der Waals surface area contributed by atoms with E-state index < -0.39 is 12.3 Å². The van der Waals surface area contributed by atoms with E-state index in [0.29, 0.717) is 18.3 Å². The number of unbranched alkanes of at least 4 members (excludes halogenated alkanes) is 3. The van der Waals surface area contributed by atoms with E-state index in [-0.39, 0.29) is 12.3 Å². The van der Waals surface area contributed by atoms with Crippen LogP contribution in [0.15, 0.2) is 24.3 Å². The largest absolute Gasteiger partial charge is 0.481 e. The Balaban J connectivity index is 2.34. The minimum atomic E-state index is -1.30. The fourth-order valence-corrected chi connectivity index (χ4v) is 3.72. The maximum absolute atomic E-state index is 10.5. The first-order valence-corrected chi connectivity index (χ1v) is 9.95. The van der Waals surface area contributed by atoms with E-state index in [1.165, 1.54) is 32.1 Å². The molecular weight excluding hydrogens is 316 g/mol. The van der Waals surface area contributed by atoms with E-state index >= 15 is 0 Å². The summed E-state index contributed by atoms with van der Waals surface area (Å²) in [7, 11) is 0. The molecular formula is C21H36O4. The Morgan fingerprint density at radius 3 is 2.56 bits per heavy atom. The number of rotatable bonds is 13. The fraction of sp³-hybridized carbons (Fsp3) is 0.762. The van der Waals surface area contributed by atoms with E-state index in [1.807, 2.05) is 12.2 Å². The summed E-state index contributed by atoms with van der Waals surface area (Å²) in [6, 6.07) is 0. The predicted octanol–water partition coefficient (Wildman–Crippen LogP) is 4.67. The number of allylic oxidation sites excluding steroid dienone is 3. The van der Waals surface area contributed by atoms with Crippen molar-refractivity contribution in [2.45, 2.75) is 83.8 Å². The Morgan fingerprint density at radius 2 is 1.88 bits per heavy atom. The summed E-state index contributed by atoms with van der Waals surface area (Å²) in [6.45, 7) is 2.07. The summed E-state index contributed by atoms with van der Waals surface area (Å²) in [4.78, 5) is 10.5. The van der Waals surface area contributed by atoms with Gasteiger partial charge >= 0.3 is 5.97 Å². The highest BCUT2D eigenvalue weighted by Gasteiger charge is 2.25. The maximum atomic E-state index is 10.5. The molecule has 0 aliphatic heterocycles. The van der Waals surface area contributed by atoms with Crippen molar-refractivity contribution in [3.8, 4) is 0 Å². The Kier molecular flexibility index (Phi) is 11.5. The lowest BCUT2D eigenvalue weighted by Crippen LogP contribution is -2.17. The number of aliphatic hydroxyl groups is 2. The summed E-state index contributed by atoms with van der Waals surface area (Å²) in [5.74, 6) is 0.323. The van der Waals surface area contributed by atoms with Gasteiger partial charge in [-0.2, -0.15) is 0 Å². The fourth-order valence-electron chi connectivity index (χ4n) is 3.72. The monoisotopic (exact) mass is 352 g/mol. The van der Waals surface area contributed by atoms with E-state index in [1.54, 1.807) is 0 Å². The molecule has 0 aromatic carbocycles. The van der Waals surface area contributed by atoms with Gasteiger partial charge in [-0.25, -0.2) is 0 Å². The van der Waals surface area contributed by atoms with Crippen LogP contribution in [0, 0.1) is 17.8 Å². The molecule has 0 bridgehead atoms. The molecule has 25 heavy (non-hydrogen) atoms. The van der Waals surface area contributed by atoms with Crippen LogP contribution in [-0.4, -0.2) is 27.6 Å². The second kappa shape index (κ2) is 13.1. The van der Waals surface area contributed by atoms with Crippen LogP contribution in [0.4, 0.5) is 0 Å². The smallest absolute Gasteiger partial charge is 0.303 e. The lowest BCUT2D eigenvalue weighted by molar-refractivity contribution is -0.137. The molecule has 0 amide bonds. The number of aliphatic carboxylic acids is 1. The third-order valence-corrected chi connectivity index (χ3v) is 5.23. The van der Waals surface area contributed by atoms with Crippen molar-refractivity contribution in [1.29, 1.82) is 0 Å². The van der Waals surface area contributed by atoms with Gasteiger partial charge in [0, 0.05) is 12.3 Å². The SMILES string of the molecule is CCC=CCC(C=C[C@H]1CCC[C@@H]1CCCCCCC(=O)O)C(O)O. The van der Waals surface area contributed by atoms with Crippen LogP contribution in [0.2, 0.25) is 0 Å².